The minimum absolute atomic E-state index is 0.438. The zero-order valence-corrected chi connectivity index (χ0v) is 4.22. The van der Waals surface area contributed by atoms with Gasteiger partial charge in [0.15, 0.2) is 0 Å². The van der Waals surface area contributed by atoms with Crippen LogP contribution in [0, 0.1) is 18.3 Å². The first-order chi connectivity index (χ1) is 3.84. The van der Waals surface area contributed by atoms with E-state index in [1.807, 2.05) is 6.07 Å². The molecule has 0 fully saturated rings. The molecule has 0 aromatic carbocycles. The highest BCUT2D eigenvalue weighted by Crippen LogP contribution is 2.04. The Morgan fingerprint density at radius 1 is 1.75 bits per heavy atom. The van der Waals surface area contributed by atoms with Gasteiger partial charge in [0.25, 0.3) is 0 Å². The van der Waals surface area contributed by atoms with E-state index in [0.29, 0.717) is 11.3 Å². The predicted molar refractivity (Wildman–Crippen MR) is 27.9 cm³/mol. The molecule has 8 heavy (non-hydrogen) atoms. The maximum Gasteiger partial charge on any atom is 0.121 e. The molecule has 0 unspecified atom stereocenters. The number of hydrogen-bond donors (Lipinski definition) is 0. The highest BCUT2D eigenvalue weighted by atomic mass is 16.3. The molecule has 39 valence electrons. The van der Waals surface area contributed by atoms with Gasteiger partial charge in [-0.05, 0) is 6.07 Å². The Hall–Kier alpha value is -1.23. The standard InChI is InChI=1S/C6H4NO/c1-5-6(4-7)2-3-8-5/h2-3H,1H2. The molecule has 2 nitrogen and oxygen atoms in total. The molecular weight excluding hydrogens is 102 g/mol. The summed E-state index contributed by atoms with van der Waals surface area (Å²) in [6.07, 6.45) is 1.45. The third kappa shape index (κ3) is 0.584. The molecule has 0 aliphatic heterocycles. The zero-order chi connectivity index (χ0) is 5.98. The first kappa shape index (κ1) is 4.92. The van der Waals surface area contributed by atoms with Crippen LogP contribution in [0.4, 0.5) is 0 Å². The van der Waals surface area contributed by atoms with Crippen LogP contribution >= 0.6 is 0 Å². The van der Waals surface area contributed by atoms with Crippen molar-refractivity contribution >= 4 is 0 Å². The van der Waals surface area contributed by atoms with Gasteiger partial charge >= 0.3 is 0 Å². The second-order valence-electron chi connectivity index (χ2n) is 1.37. The van der Waals surface area contributed by atoms with Crippen molar-refractivity contribution in [2.75, 3.05) is 0 Å². The second-order valence-corrected chi connectivity index (χ2v) is 1.37. The van der Waals surface area contributed by atoms with Gasteiger partial charge in [-0.1, -0.05) is 0 Å². The summed E-state index contributed by atoms with van der Waals surface area (Å²) in [7, 11) is 0. The van der Waals surface area contributed by atoms with Gasteiger partial charge < -0.3 is 4.42 Å². The molecule has 0 N–H and O–H groups in total. The highest BCUT2D eigenvalue weighted by molar-refractivity contribution is 5.32. The molecule has 0 aliphatic rings. The van der Waals surface area contributed by atoms with E-state index < -0.39 is 0 Å². The molecule has 1 rings (SSSR count). The average Bonchev–Trinajstić information content (AvgIpc) is 2.14. The van der Waals surface area contributed by atoms with Gasteiger partial charge in [-0.3, -0.25) is 0 Å². The molecule has 1 aromatic rings. The highest BCUT2D eigenvalue weighted by Gasteiger charge is 1.95. The minimum Gasteiger partial charge on any atom is -0.468 e. The van der Waals surface area contributed by atoms with Crippen molar-refractivity contribution in [2.45, 2.75) is 0 Å². The van der Waals surface area contributed by atoms with Gasteiger partial charge in [-0.25, -0.2) is 0 Å². The molecule has 1 radical (unpaired) electrons. The Bertz CT molecular complexity index is 219. The van der Waals surface area contributed by atoms with Crippen LogP contribution in [0.15, 0.2) is 16.7 Å². The monoisotopic (exact) mass is 106 g/mol. The zero-order valence-electron chi connectivity index (χ0n) is 4.22. The summed E-state index contributed by atoms with van der Waals surface area (Å²) in [5.41, 5.74) is 0.505. The third-order valence-corrected chi connectivity index (χ3v) is 0.866. The van der Waals surface area contributed by atoms with E-state index in [1.54, 1.807) is 6.07 Å². The van der Waals surface area contributed by atoms with E-state index in [4.69, 9.17) is 9.68 Å². The summed E-state index contributed by atoms with van der Waals surface area (Å²) < 4.78 is 4.72. The van der Waals surface area contributed by atoms with Gasteiger partial charge in [0.05, 0.1) is 11.8 Å². The molecule has 1 aromatic heterocycles. The SMILES string of the molecule is [CH2]c1occc1C#N. The molecule has 0 saturated carbocycles. The van der Waals surface area contributed by atoms with E-state index in [0.717, 1.165) is 0 Å². The maximum atomic E-state index is 8.26. The Morgan fingerprint density at radius 2 is 2.50 bits per heavy atom. The van der Waals surface area contributed by atoms with Crippen molar-refractivity contribution in [3.05, 3.63) is 30.6 Å². The Morgan fingerprint density at radius 3 is 2.75 bits per heavy atom. The van der Waals surface area contributed by atoms with Crippen molar-refractivity contribution in [3.8, 4) is 6.07 Å². The van der Waals surface area contributed by atoms with E-state index >= 15 is 0 Å². The molecule has 0 aliphatic carbocycles. The molecule has 1 heterocycles. The lowest BCUT2D eigenvalue weighted by atomic mass is 10.3. The number of hydrogen-bond acceptors (Lipinski definition) is 2. The summed E-state index contributed by atoms with van der Waals surface area (Å²) in [6, 6.07) is 3.50. The largest absolute Gasteiger partial charge is 0.468 e. The van der Waals surface area contributed by atoms with Gasteiger partial charge in [-0.2, -0.15) is 5.26 Å². The van der Waals surface area contributed by atoms with Gasteiger partial charge in [-0.15, -0.1) is 0 Å². The first-order valence-electron chi connectivity index (χ1n) is 2.14. The van der Waals surface area contributed by atoms with E-state index in [1.165, 1.54) is 6.26 Å². The van der Waals surface area contributed by atoms with E-state index in [2.05, 4.69) is 6.92 Å². The Balaban J connectivity index is 3.15. The van der Waals surface area contributed by atoms with Crippen LogP contribution in [0.5, 0.6) is 0 Å². The lowest BCUT2D eigenvalue weighted by Gasteiger charge is -1.76. The van der Waals surface area contributed by atoms with Crippen LogP contribution in [0.3, 0.4) is 0 Å². The summed E-state index contributed by atoms with van der Waals surface area (Å²) in [5, 5.41) is 8.26. The van der Waals surface area contributed by atoms with Crippen molar-refractivity contribution in [3.63, 3.8) is 0 Å². The van der Waals surface area contributed by atoms with Crippen molar-refractivity contribution in [1.82, 2.24) is 0 Å². The number of furan rings is 1. The van der Waals surface area contributed by atoms with Crippen LogP contribution < -0.4 is 0 Å². The topological polar surface area (TPSA) is 36.9 Å². The quantitative estimate of drug-likeness (QED) is 0.500. The third-order valence-electron chi connectivity index (χ3n) is 0.866. The van der Waals surface area contributed by atoms with Crippen molar-refractivity contribution in [1.29, 1.82) is 5.26 Å². The summed E-state index contributed by atoms with van der Waals surface area (Å²) >= 11 is 0. The number of rotatable bonds is 0. The van der Waals surface area contributed by atoms with Crippen molar-refractivity contribution in [2.24, 2.45) is 0 Å². The second kappa shape index (κ2) is 1.71. The van der Waals surface area contributed by atoms with E-state index in [-0.39, 0.29) is 0 Å². The molecule has 0 bridgehead atoms. The Kier molecular flexibility index (Phi) is 1.05. The van der Waals surface area contributed by atoms with Gasteiger partial charge in [0.1, 0.15) is 11.8 Å². The number of nitriles is 1. The lowest BCUT2D eigenvalue weighted by molar-refractivity contribution is 0.548. The van der Waals surface area contributed by atoms with Crippen LogP contribution in [-0.2, 0) is 0 Å². The fourth-order valence-corrected chi connectivity index (χ4v) is 0.440. The van der Waals surface area contributed by atoms with E-state index in [9.17, 15) is 0 Å². The first-order valence-corrected chi connectivity index (χ1v) is 2.14. The average molecular weight is 106 g/mol. The van der Waals surface area contributed by atoms with Crippen LogP contribution in [0.2, 0.25) is 0 Å². The Labute approximate surface area is 47.3 Å². The van der Waals surface area contributed by atoms with Crippen LogP contribution in [0.1, 0.15) is 11.3 Å². The van der Waals surface area contributed by atoms with Gasteiger partial charge in [0, 0.05) is 6.92 Å². The summed E-state index contributed by atoms with van der Waals surface area (Å²) in [6.45, 7) is 3.46. The normalized spacial score (nSPS) is 8.50. The fourth-order valence-electron chi connectivity index (χ4n) is 0.440. The maximum absolute atomic E-state index is 8.26. The lowest BCUT2D eigenvalue weighted by Crippen LogP contribution is -1.67. The van der Waals surface area contributed by atoms with Crippen LogP contribution in [-0.4, -0.2) is 0 Å². The molecule has 0 spiro atoms. The number of nitrogens with zero attached hydrogens (tertiary/aromatic N) is 1. The van der Waals surface area contributed by atoms with Crippen LogP contribution in [0.25, 0.3) is 0 Å². The summed E-state index contributed by atoms with van der Waals surface area (Å²) in [4.78, 5) is 0. The predicted octanol–water partition coefficient (Wildman–Crippen LogP) is 1.33. The fraction of sp³-hybridized carbons (Fsp3) is 0. The smallest absolute Gasteiger partial charge is 0.121 e. The molecule has 0 amide bonds. The molecule has 0 saturated heterocycles. The van der Waals surface area contributed by atoms with Crippen molar-refractivity contribution < 1.29 is 4.42 Å². The molecule has 2 heteroatoms. The minimum atomic E-state index is 0.438. The molecular formula is C6H4NO. The summed E-state index contributed by atoms with van der Waals surface area (Å²) in [5.74, 6) is 0.438. The molecule has 0 atom stereocenters. The van der Waals surface area contributed by atoms with Gasteiger partial charge in [0.2, 0.25) is 0 Å².